The average Bonchev–Trinajstić information content (AvgIpc) is 2.54. The summed E-state index contributed by atoms with van der Waals surface area (Å²) in [5.41, 5.74) is 2.10. The molecule has 0 atom stereocenters. The van der Waals surface area contributed by atoms with Gasteiger partial charge in [0.15, 0.2) is 0 Å². The van der Waals surface area contributed by atoms with Crippen molar-refractivity contribution in [2.45, 2.75) is 6.92 Å². The van der Waals surface area contributed by atoms with Crippen LogP contribution in [0.4, 0.5) is 5.82 Å². The van der Waals surface area contributed by atoms with Gasteiger partial charge in [0.25, 0.3) is 0 Å². The first-order valence-electron chi connectivity index (χ1n) is 7.21. The first-order valence-corrected chi connectivity index (χ1v) is 7.21. The number of pyridine rings is 1. The van der Waals surface area contributed by atoms with Crippen LogP contribution in [0.25, 0.3) is 17.0 Å². The number of hydrogen-bond acceptors (Lipinski definition) is 3. The number of aromatic nitrogens is 1. The lowest BCUT2D eigenvalue weighted by Crippen LogP contribution is -2.48. The number of carbonyl (C=O) groups is 1. The summed E-state index contributed by atoms with van der Waals surface area (Å²) in [6.07, 6.45) is 1.84. The second kappa shape index (κ2) is 5.56. The minimum atomic E-state index is 0.151. The molecule has 1 aliphatic rings. The zero-order valence-electron chi connectivity index (χ0n) is 12.2. The predicted molar refractivity (Wildman–Crippen MR) is 86.3 cm³/mol. The highest BCUT2D eigenvalue weighted by Crippen LogP contribution is 2.21. The first-order chi connectivity index (χ1) is 10.2. The summed E-state index contributed by atoms with van der Waals surface area (Å²) in [5, 5.41) is 1.12. The molecule has 0 spiro atoms. The Morgan fingerprint density at radius 1 is 1.19 bits per heavy atom. The van der Waals surface area contributed by atoms with Gasteiger partial charge in [0.2, 0.25) is 5.91 Å². The molecule has 1 amide bonds. The summed E-state index contributed by atoms with van der Waals surface area (Å²) < 4.78 is 0. The van der Waals surface area contributed by atoms with Crippen LogP contribution >= 0.6 is 0 Å². The topological polar surface area (TPSA) is 36.4 Å². The summed E-state index contributed by atoms with van der Waals surface area (Å²) >= 11 is 0. The molecule has 2 heterocycles. The standard InChI is InChI=1S/C17H19N3O/c1-3-14-4-6-16-15(12-14)5-7-17(18-16)20-10-8-19(9-11-20)13(2)21/h3-7,12H,1,8-11H2,2H3. The fourth-order valence-electron chi connectivity index (χ4n) is 2.69. The number of anilines is 1. The third-order valence-corrected chi connectivity index (χ3v) is 3.98. The molecule has 4 heteroatoms. The van der Waals surface area contributed by atoms with Crippen molar-refractivity contribution in [2.24, 2.45) is 0 Å². The molecular formula is C17H19N3O. The predicted octanol–water partition coefficient (Wildman–Crippen LogP) is 2.55. The molecule has 1 aromatic carbocycles. The van der Waals surface area contributed by atoms with Gasteiger partial charge in [-0.15, -0.1) is 0 Å². The molecule has 0 N–H and O–H groups in total. The van der Waals surface area contributed by atoms with E-state index in [1.165, 1.54) is 0 Å². The highest BCUT2D eigenvalue weighted by Gasteiger charge is 2.19. The van der Waals surface area contributed by atoms with Gasteiger partial charge >= 0.3 is 0 Å². The van der Waals surface area contributed by atoms with E-state index in [1.54, 1.807) is 6.92 Å². The smallest absolute Gasteiger partial charge is 0.219 e. The molecule has 1 fully saturated rings. The maximum absolute atomic E-state index is 11.4. The van der Waals surface area contributed by atoms with Crippen LogP contribution in [-0.4, -0.2) is 42.0 Å². The van der Waals surface area contributed by atoms with Gasteiger partial charge < -0.3 is 9.80 Å². The lowest BCUT2D eigenvalue weighted by Gasteiger charge is -2.35. The van der Waals surface area contributed by atoms with E-state index in [4.69, 9.17) is 4.98 Å². The van der Waals surface area contributed by atoms with Crippen molar-refractivity contribution in [3.05, 3.63) is 42.5 Å². The van der Waals surface area contributed by atoms with E-state index >= 15 is 0 Å². The van der Waals surface area contributed by atoms with Crippen molar-refractivity contribution in [3.8, 4) is 0 Å². The maximum atomic E-state index is 11.4. The minimum absolute atomic E-state index is 0.151. The van der Waals surface area contributed by atoms with Gasteiger partial charge in [0.05, 0.1) is 5.52 Å². The molecule has 108 valence electrons. The fraction of sp³-hybridized carbons (Fsp3) is 0.294. The summed E-state index contributed by atoms with van der Waals surface area (Å²) in [7, 11) is 0. The summed E-state index contributed by atoms with van der Waals surface area (Å²) in [4.78, 5) is 20.2. The van der Waals surface area contributed by atoms with Crippen molar-refractivity contribution in [1.82, 2.24) is 9.88 Å². The van der Waals surface area contributed by atoms with Crippen molar-refractivity contribution in [3.63, 3.8) is 0 Å². The highest BCUT2D eigenvalue weighted by atomic mass is 16.2. The Hall–Kier alpha value is -2.36. The van der Waals surface area contributed by atoms with Gasteiger partial charge in [-0.3, -0.25) is 4.79 Å². The van der Waals surface area contributed by atoms with Gasteiger partial charge in [0, 0.05) is 38.5 Å². The summed E-state index contributed by atoms with van der Waals surface area (Å²) in [6, 6.07) is 10.3. The number of nitrogens with zero attached hydrogens (tertiary/aromatic N) is 3. The van der Waals surface area contributed by atoms with Crippen LogP contribution in [0.2, 0.25) is 0 Å². The van der Waals surface area contributed by atoms with Crippen molar-refractivity contribution < 1.29 is 4.79 Å². The lowest BCUT2D eigenvalue weighted by atomic mass is 10.1. The Morgan fingerprint density at radius 2 is 1.95 bits per heavy atom. The zero-order valence-corrected chi connectivity index (χ0v) is 12.2. The Labute approximate surface area is 124 Å². The van der Waals surface area contributed by atoms with E-state index in [1.807, 2.05) is 23.1 Å². The minimum Gasteiger partial charge on any atom is -0.353 e. The van der Waals surface area contributed by atoms with E-state index in [0.29, 0.717) is 0 Å². The van der Waals surface area contributed by atoms with E-state index in [2.05, 4.69) is 29.7 Å². The third-order valence-electron chi connectivity index (χ3n) is 3.98. The molecule has 0 bridgehead atoms. The largest absolute Gasteiger partial charge is 0.353 e. The molecule has 0 aliphatic carbocycles. The van der Waals surface area contributed by atoms with Gasteiger partial charge in [-0.05, 0) is 29.8 Å². The molecule has 1 aliphatic heterocycles. The normalized spacial score (nSPS) is 15.3. The van der Waals surface area contributed by atoms with Crippen molar-refractivity contribution in [2.75, 3.05) is 31.1 Å². The number of carbonyl (C=O) groups excluding carboxylic acids is 1. The van der Waals surface area contributed by atoms with Crippen LogP contribution in [0.3, 0.4) is 0 Å². The zero-order chi connectivity index (χ0) is 14.8. The quantitative estimate of drug-likeness (QED) is 0.849. The van der Waals surface area contributed by atoms with E-state index in [-0.39, 0.29) is 5.91 Å². The van der Waals surface area contributed by atoms with Gasteiger partial charge in [-0.1, -0.05) is 18.7 Å². The molecule has 0 radical (unpaired) electrons. The summed E-state index contributed by atoms with van der Waals surface area (Å²) in [6.45, 7) is 8.62. The number of amides is 1. The highest BCUT2D eigenvalue weighted by molar-refractivity contribution is 5.82. The second-order valence-electron chi connectivity index (χ2n) is 5.32. The fourth-order valence-corrected chi connectivity index (χ4v) is 2.69. The Kier molecular flexibility index (Phi) is 3.60. The molecule has 21 heavy (non-hydrogen) atoms. The maximum Gasteiger partial charge on any atom is 0.219 e. The SMILES string of the molecule is C=Cc1ccc2nc(N3CCN(C(C)=O)CC3)ccc2c1. The van der Waals surface area contributed by atoms with Crippen LogP contribution < -0.4 is 4.90 Å². The Balaban J connectivity index is 1.82. The summed E-state index contributed by atoms with van der Waals surface area (Å²) in [5.74, 6) is 1.13. The number of rotatable bonds is 2. The third kappa shape index (κ3) is 2.75. The molecular weight excluding hydrogens is 262 g/mol. The van der Waals surface area contributed by atoms with Crippen LogP contribution in [0.15, 0.2) is 36.9 Å². The molecule has 1 saturated heterocycles. The van der Waals surface area contributed by atoms with Crippen LogP contribution in [0, 0.1) is 0 Å². The van der Waals surface area contributed by atoms with E-state index < -0.39 is 0 Å². The van der Waals surface area contributed by atoms with Crippen LogP contribution in [0.5, 0.6) is 0 Å². The molecule has 1 aromatic heterocycles. The Morgan fingerprint density at radius 3 is 2.62 bits per heavy atom. The molecule has 0 unspecified atom stereocenters. The molecule has 4 nitrogen and oxygen atoms in total. The number of piperazine rings is 1. The first kappa shape index (κ1) is 13.6. The lowest BCUT2D eigenvalue weighted by molar-refractivity contribution is -0.129. The number of benzene rings is 1. The number of hydrogen-bond donors (Lipinski definition) is 0. The van der Waals surface area contributed by atoms with Crippen LogP contribution in [-0.2, 0) is 4.79 Å². The average molecular weight is 281 g/mol. The molecule has 2 aromatic rings. The van der Waals surface area contributed by atoms with Crippen molar-refractivity contribution >= 4 is 28.7 Å². The second-order valence-corrected chi connectivity index (χ2v) is 5.32. The van der Waals surface area contributed by atoms with Gasteiger partial charge in [0.1, 0.15) is 5.82 Å². The number of fused-ring (bicyclic) bond motifs is 1. The van der Waals surface area contributed by atoms with Gasteiger partial charge in [-0.2, -0.15) is 0 Å². The van der Waals surface area contributed by atoms with Gasteiger partial charge in [-0.25, -0.2) is 4.98 Å². The monoisotopic (exact) mass is 281 g/mol. The Bertz CT molecular complexity index is 687. The molecule has 3 rings (SSSR count). The van der Waals surface area contributed by atoms with E-state index in [9.17, 15) is 4.79 Å². The van der Waals surface area contributed by atoms with Crippen LogP contribution in [0.1, 0.15) is 12.5 Å². The van der Waals surface area contributed by atoms with E-state index in [0.717, 1.165) is 48.5 Å². The molecule has 0 saturated carbocycles. The van der Waals surface area contributed by atoms with Crippen molar-refractivity contribution in [1.29, 1.82) is 0 Å².